The van der Waals surface area contributed by atoms with Crippen LogP contribution in [0.25, 0.3) is 0 Å². The maximum absolute atomic E-state index is 12.5. The largest absolute Gasteiger partial charge is 0.368 e. The zero-order valence-corrected chi connectivity index (χ0v) is 15.0. The molecule has 26 heavy (non-hydrogen) atoms. The van der Waals surface area contributed by atoms with Crippen LogP contribution in [-0.4, -0.2) is 48.5 Å². The summed E-state index contributed by atoms with van der Waals surface area (Å²) in [4.78, 5) is 27.0. The predicted octanol–water partition coefficient (Wildman–Crippen LogP) is 2.09. The Morgan fingerprint density at radius 2 is 1.62 bits per heavy atom. The standard InChI is InChI=1S/C19H20N4O2S/c24-14-20-19(26)21-16-6-8-17(9-7-16)22-10-12-23(13-11-22)18(25)15-4-2-1-3-5-15/h1-9,14H,10-13H2,(H2,20,21,24,26). The molecular weight excluding hydrogens is 348 g/mol. The Labute approximate surface area is 157 Å². The zero-order valence-electron chi connectivity index (χ0n) is 14.2. The lowest BCUT2D eigenvalue weighted by Crippen LogP contribution is -2.48. The highest BCUT2D eigenvalue weighted by molar-refractivity contribution is 7.80. The van der Waals surface area contributed by atoms with Crippen molar-refractivity contribution in [1.82, 2.24) is 10.2 Å². The van der Waals surface area contributed by atoms with Crippen LogP contribution in [0.15, 0.2) is 54.6 Å². The van der Waals surface area contributed by atoms with E-state index in [0.29, 0.717) is 19.5 Å². The molecule has 0 spiro atoms. The van der Waals surface area contributed by atoms with Gasteiger partial charge in [0, 0.05) is 43.1 Å². The molecule has 0 radical (unpaired) electrons. The maximum Gasteiger partial charge on any atom is 0.253 e. The van der Waals surface area contributed by atoms with E-state index in [2.05, 4.69) is 15.5 Å². The number of rotatable bonds is 4. The molecular formula is C19H20N4O2S. The predicted molar refractivity (Wildman–Crippen MR) is 106 cm³/mol. The van der Waals surface area contributed by atoms with Crippen LogP contribution in [0.1, 0.15) is 10.4 Å². The molecule has 1 aliphatic rings. The molecule has 0 bridgehead atoms. The van der Waals surface area contributed by atoms with Crippen molar-refractivity contribution in [2.75, 3.05) is 36.4 Å². The molecule has 1 fully saturated rings. The van der Waals surface area contributed by atoms with Gasteiger partial charge in [-0.3, -0.25) is 9.59 Å². The molecule has 7 heteroatoms. The van der Waals surface area contributed by atoms with E-state index in [0.717, 1.165) is 30.0 Å². The van der Waals surface area contributed by atoms with Crippen molar-refractivity contribution in [3.05, 3.63) is 60.2 Å². The number of nitrogens with one attached hydrogen (secondary N) is 2. The van der Waals surface area contributed by atoms with Crippen LogP contribution in [-0.2, 0) is 4.79 Å². The second-order valence-electron chi connectivity index (χ2n) is 5.91. The smallest absolute Gasteiger partial charge is 0.253 e. The van der Waals surface area contributed by atoms with Gasteiger partial charge in [-0.25, -0.2) is 0 Å². The van der Waals surface area contributed by atoms with E-state index in [4.69, 9.17) is 12.2 Å². The molecule has 0 aromatic heterocycles. The average Bonchev–Trinajstić information content (AvgIpc) is 2.69. The summed E-state index contributed by atoms with van der Waals surface area (Å²) < 4.78 is 0. The van der Waals surface area contributed by atoms with Gasteiger partial charge in [0.1, 0.15) is 0 Å². The van der Waals surface area contributed by atoms with Crippen molar-refractivity contribution in [2.45, 2.75) is 0 Å². The molecule has 0 unspecified atom stereocenters. The lowest BCUT2D eigenvalue weighted by molar-refractivity contribution is -0.108. The van der Waals surface area contributed by atoms with Gasteiger partial charge in [-0.05, 0) is 48.6 Å². The molecule has 1 heterocycles. The summed E-state index contributed by atoms with van der Waals surface area (Å²) in [6.07, 6.45) is 0.542. The van der Waals surface area contributed by atoms with Gasteiger partial charge in [0.25, 0.3) is 5.91 Å². The fraction of sp³-hybridized carbons (Fsp3) is 0.211. The van der Waals surface area contributed by atoms with Crippen LogP contribution < -0.4 is 15.5 Å². The number of hydrogen-bond donors (Lipinski definition) is 2. The molecule has 2 N–H and O–H groups in total. The van der Waals surface area contributed by atoms with Crippen LogP contribution >= 0.6 is 12.2 Å². The highest BCUT2D eigenvalue weighted by Crippen LogP contribution is 2.20. The molecule has 1 aliphatic heterocycles. The minimum Gasteiger partial charge on any atom is -0.368 e. The lowest BCUT2D eigenvalue weighted by atomic mass is 10.1. The number of piperazine rings is 1. The topological polar surface area (TPSA) is 64.7 Å². The monoisotopic (exact) mass is 368 g/mol. The number of carbonyl (C=O) groups excluding carboxylic acids is 2. The van der Waals surface area contributed by atoms with Crippen molar-refractivity contribution in [3.63, 3.8) is 0 Å². The molecule has 2 aromatic rings. The number of thiocarbonyl (C=S) groups is 1. The Hall–Kier alpha value is -2.93. The highest BCUT2D eigenvalue weighted by atomic mass is 32.1. The van der Waals surface area contributed by atoms with Crippen molar-refractivity contribution in [1.29, 1.82) is 0 Å². The van der Waals surface area contributed by atoms with E-state index >= 15 is 0 Å². The summed E-state index contributed by atoms with van der Waals surface area (Å²) in [5, 5.41) is 5.59. The summed E-state index contributed by atoms with van der Waals surface area (Å²) in [5.74, 6) is 0.0842. The number of benzene rings is 2. The van der Waals surface area contributed by atoms with E-state index in [1.807, 2.05) is 59.5 Å². The third kappa shape index (κ3) is 4.37. The summed E-state index contributed by atoms with van der Waals surface area (Å²) in [5.41, 5.74) is 2.64. The first-order valence-electron chi connectivity index (χ1n) is 8.38. The highest BCUT2D eigenvalue weighted by Gasteiger charge is 2.22. The molecule has 1 saturated heterocycles. The minimum absolute atomic E-state index is 0.0842. The van der Waals surface area contributed by atoms with E-state index in [1.54, 1.807) is 0 Å². The molecule has 6 nitrogen and oxygen atoms in total. The van der Waals surface area contributed by atoms with Gasteiger partial charge in [0.05, 0.1) is 0 Å². The van der Waals surface area contributed by atoms with Crippen LogP contribution in [0, 0.1) is 0 Å². The number of amides is 2. The van der Waals surface area contributed by atoms with Crippen molar-refractivity contribution in [3.8, 4) is 0 Å². The van der Waals surface area contributed by atoms with Gasteiger partial charge in [-0.1, -0.05) is 18.2 Å². The zero-order chi connectivity index (χ0) is 18.4. The van der Waals surface area contributed by atoms with Crippen molar-refractivity contribution < 1.29 is 9.59 Å². The number of anilines is 2. The van der Waals surface area contributed by atoms with E-state index < -0.39 is 0 Å². The van der Waals surface area contributed by atoms with Crippen LogP contribution in [0.3, 0.4) is 0 Å². The maximum atomic E-state index is 12.5. The third-order valence-corrected chi connectivity index (χ3v) is 4.49. The second-order valence-corrected chi connectivity index (χ2v) is 6.32. The van der Waals surface area contributed by atoms with Crippen molar-refractivity contribution in [2.24, 2.45) is 0 Å². The Morgan fingerprint density at radius 1 is 0.962 bits per heavy atom. The molecule has 0 saturated carbocycles. The summed E-state index contributed by atoms with van der Waals surface area (Å²) >= 11 is 4.97. The lowest BCUT2D eigenvalue weighted by Gasteiger charge is -2.36. The van der Waals surface area contributed by atoms with Crippen LogP contribution in [0.2, 0.25) is 0 Å². The fourth-order valence-corrected chi connectivity index (χ4v) is 3.07. The Balaban J connectivity index is 1.55. The summed E-state index contributed by atoms with van der Waals surface area (Å²) in [6, 6.07) is 17.2. The SMILES string of the molecule is O=CNC(=S)Nc1ccc(N2CCN(C(=O)c3ccccc3)CC2)cc1. The molecule has 0 aliphatic carbocycles. The van der Waals surface area contributed by atoms with Gasteiger partial charge in [0.15, 0.2) is 5.11 Å². The van der Waals surface area contributed by atoms with Gasteiger partial charge in [-0.15, -0.1) is 0 Å². The van der Waals surface area contributed by atoms with Crippen molar-refractivity contribution >= 4 is 41.0 Å². The van der Waals surface area contributed by atoms with Crippen LogP contribution in [0.5, 0.6) is 0 Å². The van der Waals surface area contributed by atoms with E-state index in [9.17, 15) is 9.59 Å². The third-order valence-electron chi connectivity index (χ3n) is 4.27. The molecule has 2 aromatic carbocycles. The molecule has 0 atom stereocenters. The number of hydrogen-bond acceptors (Lipinski definition) is 4. The normalized spacial score (nSPS) is 13.8. The quantitative estimate of drug-likeness (QED) is 0.639. The van der Waals surface area contributed by atoms with Gasteiger partial charge in [0.2, 0.25) is 6.41 Å². The first-order chi connectivity index (χ1) is 12.7. The Bertz CT molecular complexity index is 772. The van der Waals surface area contributed by atoms with E-state index in [-0.39, 0.29) is 11.0 Å². The summed E-state index contributed by atoms with van der Waals surface area (Å²) in [7, 11) is 0. The van der Waals surface area contributed by atoms with E-state index in [1.165, 1.54) is 0 Å². The molecule has 134 valence electrons. The first kappa shape index (κ1) is 17.9. The van der Waals surface area contributed by atoms with Crippen LogP contribution in [0.4, 0.5) is 11.4 Å². The molecule has 2 amide bonds. The molecule has 3 rings (SSSR count). The van der Waals surface area contributed by atoms with Gasteiger partial charge in [-0.2, -0.15) is 0 Å². The number of nitrogens with zero attached hydrogens (tertiary/aromatic N) is 2. The second kappa shape index (κ2) is 8.44. The van der Waals surface area contributed by atoms with Gasteiger partial charge < -0.3 is 20.4 Å². The Morgan fingerprint density at radius 3 is 2.23 bits per heavy atom. The summed E-state index contributed by atoms with van der Waals surface area (Å²) in [6.45, 7) is 2.97. The fourth-order valence-electron chi connectivity index (χ4n) is 2.91. The Kier molecular flexibility index (Phi) is 5.80. The van der Waals surface area contributed by atoms with Gasteiger partial charge >= 0.3 is 0 Å². The first-order valence-corrected chi connectivity index (χ1v) is 8.79. The minimum atomic E-state index is 0.0842. The number of carbonyl (C=O) groups is 2. The average molecular weight is 368 g/mol.